The normalized spacial score (nSPS) is 20.6. The van der Waals surface area contributed by atoms with E-state index in [0.717, 1.165) is 50.2 Å². The summed E-state index contributed by atoms with van der Waals surface area (Å²) < 4.78 is 5.53. The fraction of sp³-hybridized carbons (Fsp3) is 0.550. The zero-order chi connectivity index (χ0) is 15.9. The van der Waals surface area contributed by atoms with Gasteiger partial charge in [-0.05, 0) is 61.4 Å². The lowest BCUT2D eigenvalue weighted by Crippen LogP contribution is -2.37. The molecule has 4 heteroatoms. The van der Waals surface area contributed by atoms with Crippen LogP contribution in [0, 0.1) is 0 Å². The minimum absolute atomic E-state index is 0.721. The van der Waals surface area contributed by atoms with Crippen LogP contribution in [0.25, 0.3) is 10.9 Å². The van der Waals surface area contributed by atoms with Crippen molar-refractivity contribution in [1.29, 1.82) is 0 Å². The zero-order valence-corrected chi connectivity index (χ0v) is 14.2. The Hall–Kier alpha value is -1.65. The molecule has 1 aliphatic heterocycles. The summed E-state index contributed by atoms with van der Waals surface area (Å²) in [5.74, 6) is 1.16. The lowest BCUT2D eigenvalue weighted by molar-refractivity contribution is 0.122. The summed E-state index contributed by atoms with van der Waals surface area (Å²) in [7, 11) is 0. The van der Waals surface area contributed by atoms with E-state index in [4.69, 9.17) is 9.72 Å². The molecule has 0 radical (unpaired) electrons. The highest BCUT2D eigenvalue weighted by molar-refractivity contribution is 5.84. The first-order valence-electron chi connectivity index (χ1n) is 9.38. The maximum atomic E-state index is 5.53. The second-order valence-corrected chi connectivity index (χ2v) is 7.39. The van der Waals surface area contributed by atoms with Crippen molar-refractivity contribution < 1.29 is 4.74 Å². The average molecular weight is 323 g/mol. The van der Waals surface area contributed by atoms with Gasteiger partial charge in [0.1, 0.15) is 5.82 Å². The Bertz CT molecular complexity index is 763. The molecule has 1 N–H and O–H groups in total. The number of fused-ring (bicyclic) bond motifs is 2. The molecule has 2 fully saturated rings. The van der Waals surface area contributed by atoms with E-state index in [1.54, 1.807) is 0 Å². The number of ether oxygens (including phenoxy) is 1. The molecule has 5 rings (SSSR count). The number of aryl methyl sites for hydroxylation is 2. The van der Waals surface area contributed by atoms with Crippen LogP contribution in [-0.2, 0) is 24.1 Å². The maximum absolute atomic E-state index is 5.53. The van der Waals surface area contributed by atoms with E-state index in [2.05, 4.69) is 28.4 Å². The third-order valence-corrected chi connectivity index (χ3v) is 5.55. The number of hydrogen-bond donors (Lipinski definition) is 1. The van der Waals surface area contributed by atoms with Gasteiger partial charge in [0.05, 0.1) is 18.7 Å². The van der Waals surface area contributed by atoms with E-state index < -0.39 is 0 Å². The molecule has 1 saturated heterocycles. The summed E-state index contributed by atoms with van der Waals surface area (Å²) in [4.78, 5) is 7.51. The van der Waals surface area contributed by atoms with Gasteiger partial charge in [0, 0.05) is 36.6 Å². The molecule has 0 unspecified atom stereocenters. The highest BCUT2D eigenvalue weighted by atomic mass is 16.5. The van der Waals surface area contributed by atoms with Crippen LogP contribution in [0.5, 0.6) is 0 Å². The summed E-state index contributed by atoms with van der Waals surface area (Å²) in [5, 5.41) is 4.98. The second kappa shape index (κ2) is 6.01. The topological polar surface area (TPSA) is 37.4 Å². The molecule has 2 heterocycles. The van der Waals surface area contributed by atoms with Gasteiger partial charge >= 0.3 is 0 Å². The first-order valence-corrected chi connectivity index (χ1v) is 9.38. The Morgan fingerprint density at radius 1 is 1.08 bits per heavy atom. The van der Waals surface area contributed by atoms with Crippen molar-refractivity contribution in [3.05, 3.63) is 34.9 Å². The van der Waals surface area contributed by atoms with Crippen molar-refractivity contribution in [1.82, 2.24) is 10.3 Å². The SMILES string of the molecule is c1c2c(cc3nc(N4CCOCC4)c(CNC4CC4)cc13)CCC2. The van der Waals surface area contributed by atoms with Crippen molar-refractivity contribution in [2.45, 2.75) is 44.7 Å². The Balaban J connectivity index is 1.56. The molecule has 4 nitrogen and oxygen atoms in total. The Morgan fingerprint density at radius 3 is 2.67 bits per heavy atom. The molecule has 126 valence electrons. The molecule has 1 aromatic carbocycles. The standard InChI is InChI=1S/C20H25N3O/c1-2-14-10-16-11-17(13-21-18-4-5-18)20(23-6-8-24-9-7-23)22-19(16)12-15(14)3-1/h10-12,18,21H,1-9,13H2. The molecule has 1 saturated carbocycles. The van der Waals surface area contributed by atoms with Crippen LogP contribution in [0.2, 0.25) is 0 Å². The number of benzene rings is 1. The smallest absolute Gasteiger partial charge is 0.133 e. The molecular formula is C20H25N3O. The summed E-state index contributed by atoms with van der Waals surface area (Å²) >= 11 is 0. The highest BCUT2D eigenvalue weighted by Gasteiger charge is 2.23. The summed E-state index contributed by atoms with van der Waals surface area (Å²) in [6, 6.07) is 7.81. The number of anilines is 1. The van der Waals surface area contributed by atoms with Crippen LogP contribution in [0.1, 0.15) is 36.0 Å². The third kappa shape index (κ3) is 2.78. The minimum Gasteiger partial charge on any atom is -0.378 e. The monoisotopic (exact) mass is 323 g/mol. The fourth-order valence-corrected chi connectivity index (χ4v) is 4.00. The lowest BCUT2D eigenvalue weighted by atomic mass is 10.0. The predicted octanol–water partition coefficient (Wildman–Crippen LogP) is 2.81. The van der Waals surface area contributed by atoms with E-state index in [9.17, 15) is 0 Å². The fourth-order valence-electron chi connectivity index (χ4n) is 4.00. The van der Waals surface area contributed by atoms with Crippen LogP contribution < -0.4 is 10.2 Å². The Morgan fingerprint density at radius 2 is 1.88 bits per heavy atom. The maximum Gasteiger partial charge on any atom is 0.133 e. The van der Waals surface area contributed by atoms with Gasteiger partial charge in [-0.1, -0.05) is 0 Å². The molecule has 0 amide bonds. The number of morpholine rings is 1. The van der Waals surface area contributed by atoms with Gasteiger partial charge in [0.15, 0.2) is 0 Å². The largest absolute Gasteiger partial charge is 0.378 e. The Labute approximate surface area is 143 Å². The van der Waals surface area contributed by atoms with Gasteiger partial charge in [-0.3, -0.25) is 0 Å². The van der Waals surface area contributed by atoms with E-state index in [1.807, 2.05) is 0 Å². The third-order valence-electron chi connectivity index (χ3n) is 5.55. The highest BCUT2D eigenvalue weighted by Crippen LogP contribution is 2.31. The van der Waals surface area contributed by atoms with E-state index in [0.29, 0.717) is 0 Å². The second-order valence-electron chi connectivity index (χ2n) is 7.39. The van der Waals surface area contributed by atoms with Crippen LogP contribution in [0.3, 0.4) is 0 Å². The molecule has 0 spiro atoms. The van der Waals surface area contributed by atoms with Gasteiger partial charge in [-0.2, -0.15) is 0 Å². The van der Waals surface area contributed by atoms with Gasteiger partial charge in [-0.15, -0.1) is 0 Å². The molecular weight excluding hydrogens is 298 g/mol. The number of hydrogen-bond acceptors (Lipinski definition) is 4. The quantitative estimate of drug-likeness (QED) is 0.939. The summed E-state index contributed by atoms with van der Waals surface area (Å²) in [6.45, 7) is 4.43. The van der Waals surface area contributed by atoms with E-state index >= 15 is 0 Å². The van der Waals surface area contributed by atoms with Crippen molar-refractivity contribution in [2.75, 3.05) is 31.2 Å². The molecule has 1 aromatic heterocycles. The van der Waals surface area contributed by atoms with Gasteiger partial charge in [0.25, 0.3) is 0 Å². The van der Waals surface area contributed by atoms with Crippen LogP contribution in [0.4, 0.5) is 5.82 Å². The summed E-state index contributed by atoms with van der Waals surface area (Å²) in [5.41, 5.74) is 5.54. The number of nitrogens with zero attached hydrogens (tertiary/aromatic N) is 2. The molecule has 2 aromatic rings. The van der Waals surface area contributed by atoms with Crippen molar-refractivity contribution in [3.8, 4) is 0 Å². The first kappa shape index (κ1) is 14.7. The van der Waals surface area contributed by atoms with Crippen LogP contribution in [-0.4, -0.2) is 37.3 Å². The molecule has 24 heavy (non-hydrogen) atoms. The Kier molecular flexibility index (Phi) is 3.68. The molecule has 3 aliphatic rings. The van der Waals surface area contributed by atoms with Crippen molar-refractivity contribution in [2.24, 2.45) is 0 Å². The number of rotatable bonds is 4. The van der Waals surface area contributed by atoms with Crippen LogP contribution >= 0.6 is 0 Å². The van der Waals surface area contributed by atoms with E-state index in [-0.39, 0.29) is 0 Å². The van der Waals surface area contributed by atoms with Crippen molar-refractivity contribution in [3.63, 3.8) is 0 Å². The zero-order valence-electron chi connectivity index (χ0n) is 14.2. The lowest BCUT2D eigenvalue weighted by Gasteiger charge is -2.30. The number of nitrogens with one attached hydrogen (secondary N) is 1. The number of pyridine rings is 1. The number of aromatic nitrogens is 1. The summed E-state index contributed by atoms with van der Waals surface area (Å²) in [6.07, 6.45) is 6.37. The molecule has 2 aliphatic carbocycles. The van der Waals surface area contributed by atoms with Gasteiger partial charge < -0.3 is 15.0 Å². The average Bonchev–Trinajstić information content (AvgIpc) is 3.35. The van der Waals surface area contributed by atoms with Crippen molar-refractivity contribution >= 4 is 16.7 Å². The van der Waals surface area contributed by atoms with Crippen LogP contribution in [0.15, 0.2) is 18.2 Å². The molecule has 0 bridgehead atoms. The van der Waals surface area contributed by atoms with Gasteiger partial charge in [0.2, 0.25) is 0 Å². The molecule has 0 atom stereocenters. The van der Waals surface area contributed by atoms with E-state index in [1.165, 1.54) is 54.2 Å². The first-order chi connectivity index (χ1) is 11.9. The minimum atomic E-state index is 0.721. The van der Waals surface area contributed by atoms with Gasteiger partial charge in [-0.25, -0.2) is 4.98 Å². The predicted molar refractivity (Wildman–Crippen MR) is 96.7 cm³/mol.